The molecule has 2 rings (SSSR count). The van der Waals surface area contributed by atoms with Crippen LogP contribution in [0.1, 0.15) is 0 Å². The Morgan fingerprint density at radius 2 is 2.00 bits per heavy atom. The van der Waals surface area contributed by atoms with E-state index in [4.69, 9.17) is 5.53 Å². The van der Waals surface area contributed by atoms with Crippen molar-refractivity contribution in [1.29, 1.82) is 0 Å². The second kappa shape index (κ2) is 1.84. The van der Waals surface area contributed by atoms with E-state index in [2.05, 4.69) is 0 Å². The molecule has 0 radical (unpaired) electrons. The highest BCUT2D eigenvalue weighted by Gasteiger charge is 2.52. The van der Waals surface area contributed by atoms with Crippen LogP contribution in [0.2, 0.25) is 0 Å². The van der Waals surface area contributed by atoms with Crippen molar-refractivity contribution in [2.24, 2.45) is 0 Å². The van der Waals surface area contributed by atoms with Crippen LogP contribution < -0.4 is 0 Å². The summed E-state index contributed by atoms with van der Waals surface area (Å²) in [5.41, 5.74) is 9.11. The van der Waals surface area contributed by atoms with Gasteiger partial charge in [-0.25, -0.2) is 4.70 Å². The normalized spacial score (nSPS) is 21.9. The summed E-state index contributed by atoms with van der Waals surface area (Å²) < 4.78 is 0.982. The van der Waals surface area contributed by atoms with Crippen LogP contribution in [0.15, 0.2) is 21.0 Å². The minimum absolute atomic E-state index is 0.121. The van der Waals surface area contributed by atoms with Crippen molar-refractivity contribution >= 4 is 34.2 Å². The number of carbonyl (C=O) groups excluding carboxylic acids is 2. The largest absolute Gasteiger partial charge is 0.493 e. The Kier molecular flexibility index (Phi) is 1.15. The van der Waals surface area contributed by atoms with E-state index in [0.717, 1.165) is 0 Å². The van der Waals surface area contributed by atoms with Gasteiger partial charge in [-0.3, -0.25) is 9.59 Å². The first-order valence-electron chi connectivity index (χ1n) is 2.82. The average molecular weight is 260 g/mol. The SMILES string of the molecule is [N-]=[N+]1C2=C1C(=O)C(I)=CC2=O. The number of nitrogens with zero attached hydrogens (tertiary/aromatic N) is 2. The Bertz CT molecular complexity index is 378. The van der Waals surface area contributed by atoms with Gasteiger partial charge in [-0.05, 0) is 22.6 Å². The number of Topliss-reactive ketones (excluding diaryl/α,β-unsaturated/α-hetero) is 1. The molecule has 0 saturated heterocycles. The molecule has 2 aliphatic rings. The van der Waals surface area contributed by atoms with Gasteiger partial charge in [0.25, 0.3) is 11.6 Å². The molecule has 0 fully saturated rings. The maximum absolute atomic E-state index is 11.0. The molecule has 5 heteroatoms. The minimum Gasteiger partial charge on any atom is -0.493 e. The molecule has 4 nitrogen and oxygen atoms in total. The van der Waals surface area contributed by atoms with Crippen LogP contribution in [-0.2, 0) is 9.59 Å². The van der Waals surface area contributed by atoms with E-state index in [1.165, 1.54) is 6.08 Å². The van der Waals surface area contributed by atoms with Crippen LogP contribution in [0.4, 0.5) is 0 Å². The summed E-state index contributed by atoms with van der Waals surface area (Å²) in [5, 5.41) is 0. The lowest BCUT2D eigenvalue weighted by atomic mass is 10.2. The van der Waals surface area contributed by atoms with Crippen molar-refractivity contribution in [2.45, 2.75) is 0 Å². The minimum atomic E-state index is -0.300. The predicted molar refractivity (Wildman–Crippen MR) is 42.8 cm³/mol. The fraction of sp³-hybridized carbons (Fsp3) is 0. The number of halogens is 1. The van der Waals surface area contributed by atoms with Crippen LogP contribution in [0.3, 0.4) is 0 Å². The van der Waals surface area contributed by atoms with Gasteiger partial charge in [0.05, 0.1) is 3.58 Å². The monoisotopic (exact) mass is 260 g/mol. The first-order chi connectivity index (χ1) is 5.13. The Labute approximate surface area is 75.2 Å². The topological polar surface area (TPSA) is 59.5 Å². The molecule has 0 N–H and O–H groups in total. The Morgan fingerprint density at radius 1 is 1.36 bits per heavy atom. The molecule has 0 spiro atoms. The Hall–Kier alpha value is -0.850. The molecular weight excluding hydrogens is 259 g/mol. The van der Waals surface area contributed by atoms with Gasteiger partial charge in [-0.2, -0.15) is 0 Å². The maximum atomic E-state index is 11.0. The number of rotatable bonds is 0. The third kappa shape index (κ3) is 0.740. The zero-order chi connectivity index (χ0) is 8.17. The molecule has 0 atom stereocenters. The standard InChI is InChI=1S/C6HIN2O2/c7-2-1-3(10)4-5(6(2)11)9(4)8/h1H. The van der Waals surface area contributed by atoms with E-state index in [-0.39, 0.29) is 23.0 Å². The van der Waals surface area contributed by atoms with Crippen molar-refractivity contribution in [3.63, 3.8) is 0 Å². The summed E-state index contributed by atoms with van der Waals surface area (Å²) in [6.45, 7) is 0. The van der Waals surface area contributed by atoms with Gasteiger partial charge in [-0.1, -0.05) is 0 Å². The summed E-state index contributed by atoms with van der Waals surface area (Å²) in [7, 11) is 0. The van der Waals surface area contributed by atoms with Crippen molar-refractivity contribution in [3.05, 3.63) is 26.6 Å². The lowest BCUT2D eigenvalue weighted by molar-refractivity contribution is -0.341. The fourth-order valence-corrected chi connectivity index (χ4v) is 1.48. The molecule has 54 valence electrons. The van der Waals surface area contributed by atoms with Crippen LogP contribution in [0.5, 0.6) is 0 Å². The van der Waals surface area contributed by atoms with Gasteiger partial charge in [0, 0.05) is 6.08 Å². The van der Waals surface area contributed by atoms with E-state index in [1.54, 1.807) is 22.6 Å². The van der Waals surface area contributed by atoms with Gasteiger partial charge in [0.15, 0.2) is 0 Å². The fourth-order valence-electron chi connectivity index (χ4n) is 0.943. The molecule has 11 heavy (non-hydrogen) atoms. The van der Waals surface area contributed by atoms with Crippen molar-refractivity contribution in [3.8, 4) is 0 Å². The molecule has 1 aliphatic carbocycles. The first kappa shape index (κ1) is 6.84. The smallest absolute Gasteiger partial charge is 0.325 e. The first-order valence-corrected chi connectivity index (χ1v) is 3.90. The number of hydrogen-bond donors (Lipinski definition) is 0. The van der Waals surface area contributed by atoms with Gasteiger partial charge < -0.3 is 5.53 Å². The van der Waals surface area contributed by atoms with Crippen molar-refractivity contribution in [1.82, 2.24) is 0 Å². The van der Waals surface area contributed by atoms with Crippen LogP contribution in [0, 0.1) is 0 Å². The Balaban J connectivity index is 2.53. The summed E-state index contributed by atoms with van der Waals surface area (Å²) >= 11 is 1.77. The predicted octanol–water partition coefficient (Wildman–Crippen LogP) is 0.716. The summed E-state index contributed by atoms with van der Waals surface area (Å²) in [6, 6.07) is 0. The molecule has 1 heterocycles. The highest BCUT2D eigenvalue weighted by atomic mass is 127. The van der Waals surface area contributed by atoms with E-state index < -0.39 is 0 Å². The quantitative estimate of drug-likeness (QED) is 0.366. The van der Waals surface area contributed by atoms with Crippen LogP contribution >= 0.6 is 22.6 Å². The molecule has 0 aromatic rings. The number of allylic oxidation sites excluding steroid dienone is 2. The van der Waals surface area contributed by atoms with E-state index in [0.29, 0.717) is 8.28 Å². The molecule has 0 saturated carbocycles. The third-order valence-corrected chi connectivity index (χ3v) is 2.32. The highest BCUT2D eigenvalue weighted by Crippen LogP contribution is 2.35. The van der Waals surface area contributed by atoms with Gasteiger partial charge in [0.2, 0.25) is 0 Å². The molecule has 1 aliphatic heterocycles. The second-order valence-corrected chi connectivity index (χ2v) is 3.36. The van der Waals surface area contributed by atoms with Gasteiger partial charge in [0.1, 0.15) is 0 Å². The van der Waals surface area contributed by atoms with Gasteiger partial charge in [-0.15, -0.1) is 0 Å². The molecule has 0 bridgehead atoms. The van der Waals surface area contributed by atoms with Crippen LogP contribution in [-0.4, -0.2) is 16.3 Å². The number of ketones is 2. The van der Waals surface area contributed by atoms with E-state index in [9.17, 15) is 9.59 Å². The third-order valence-electron chi connectivity index (χ3n) is 1.52. The summed E-state index contributed by atoms with van der Waals surface area (Å²) in [4.78, 5) is 21.9. The summed E-state index contributed by atoms with van der Waals surface area (Å²) in [5.74, 6) is -0.575. The zero-order valence-corrected chi connectivity index (χ0v) is 7.32. The Morgan fingerprint density at radius 3 is 2.64 bits per heavy atom. The lowest BCUT2D eigenvalue weighted by Gasteiger charge is -1.86. The van der Waals surface area contributed by atoms with E-state index in [1.807, 2.05) is 0 Å². The van der Waals surface area contributed by atoms with Crippen molar-refractivity contribution < 1.29 is 14.3 Å². The van der Waals surface area contributed by atoms with Gasteiger partial charge >= 0.3 is 11.4 Å². The second-order valence-electron chi connectivity index (χ2n) is 2.19. The molecule has 0 amide bonds. The lowest BCUT2D eigenvalue weighted by Crippen LogP contribution is -2.01. The maximum Gasteiger partial charge on any atom is 0.325 e. The molecule has 0 unspecified atom stereocenters. The van der Waals surface area contributed by atoms with E-state index >= 15 is 0 Å². The van der Waals surface area contributed by atoms with Crippen LogP contribution in [0.25, 0.3) is 5.53 Å². The average Bonchev–Trinajstić information content (AvgIpc) is 2.58. The number of carbonyl (C=O) groups is 2. The molecule has 0 aromatic carbocycles. The zero-order valence-electron chi connectivity index (χ0n) is 5.17. The highest BCUT2D eigenvalue weighted by molar-refractivity contribution is 14.1. The number of hydrogen-bond acceptors (Lipinski definition) is 2. The van der Waals surface area contributed by atoms with Crippen molar-refractivity contribution in [2.75, 3.05) is 0 Å². The molecule has 0 aromatic heterocycles. The molecular formula is C6HIN2O2. The summed E-state index contributed by atoms with van der Waals surface area (Å²) in [6.07, 6.45) is 1.22.